The third kappa shape index (κ3) is 2.45. The number of carbonyl (C=O) groups excluding carboxylic acids is 1. The van der Waals surface area contributed by atoms with Gasteiger partial charge in [0.05, 0.1) is 10.4 Å². The highest BCUT2D eigenvalue weighted by Crippen LogP contribution is 2.31. The Morgan fingerprint density at radius 3 is 2.81 bits per heavy atom. The van der Waals surface area contributed by atoms with E-state index in [9.17, 15) is 19.7 Å². The van der Waals surface area contributed by atoms with E-state index in [4.69, 9.17) is 0 Å². The Bertz CT molecular complexity index is 1130. The molecule has 7 heteroatoms. The summed E-state index contributed by atoms with van der Waals surface area (Å²) in [6, 6.07) is 11.3. The van der Waals surface area contributed by atoms with Crippen LogP contribution in [0.15, 0.2) is 53.5 Å². The summed E-state index contributed by atoms with van der Waals surface area (Å²) >= 11 is 0. The zero-order valence-electron chi connectivity index (χ0n) is 13.9. The summed E-state index contributed by atoms with van der Waals surface area (Å²) in [6.07, 6.45) is 2.39. The number of carbonyl (C=O) groups is 1. The van der Waals surface area contributed by atoms with Gasteiger partial charge in [0, 0.05) is 35.4 Å². The topological polar surface area (TPSA) is 94.2 Å². The van der Waals surface area contributed by atoms with E-state index < -0.39 is 10.8 Å². The number of non-ortho nitro benzene ring substituents is 1. The van der Waals surface area contributed by atoms with Gasteiger partial charge in [-0.1, -0.05) is 18.2 Å². The first kappa shape index (κ1) is 16.0. The van der Waals surface area contributed by atoms with Gasteiger partial charge in [-0.05, 0) is 31.0 Å². The lowest BCUT2D eigenvalue weighted by Gasteiger charge is -2.12. The van der Waals surface area contributed by atoms with Crippen LogP contribution in [0.3, 0.4) is 0 Å². The predicted molar refractivity (Wildman–Crippen MR) is 97.7 cm³/mol. The van der Waals surface area contributed by atoms with E-state index in [1.54, 1.807) is 18.3 Å². The molecule has 0 aliphatic carbocycles. The van der Waals surface area contributed by atoms with Gasteiger partial charge in [-0.25, -0.2) is 0 Å². The minimum atomic E-state index is -0.578. The highest BCUT2D eigenvalue weighted by atomic mass is 16.6. The molecule has 26 heavy (non-hydrogen) atoms. The predicted octanol–water partition coefficient (Wildman–Crippen LogP) is 3.28. The molecule has 0 saturated heterocycles. The number of nitro groups is 1. The van der Waals surface area contributed by atoms with E-state index in [0.29, 0.717) is 5.39 Å². The van der Waals surface area contributed by atoms with Crippen molar-refractivity contribution in [2.24, 2.45) is 0 Å². The van der Waals surface area contributed by atoms with E-state index in [-0.39, 0.29) is 28.4 Å². The van der Waals surface area contributed by atoms with Crippen LogP contribution in [-0.4, -0.2) is 15.4 Å². The van der Waals surface area contributed by atoms with Crippen LogP contribution >= 0.6 is 0 Å². The summed E-state index contributed by atoms with van der Waals surface area (Å²) in [4.78, 5) is 35.8. The molecule has 1 aliphatic rings. The summed E-state index contributed by atoms with van der Waals surface area (Å²) in [6.45, 7) is 2.03. The number of hydrogen-bond acceptors (Lipinski definition) is 4. The number of pyridine rings is 1. The van der Waals surface area contributed by atoms with Crippen molar-refractivity contribution in [3.05, 3.63) is 80.1 Å². The first-order valence-electron chi connectivity index (χ1n) is 8.18. The molecule has 0 fully saturated rings. The lowest BCUT2D eigenvalue weighted by atomic mass is 10.1. The maximum Gasteiger partial charge on any atom is 0.271 e. The summed E-state index contributed by atoms with van der Waals surface area (Å²) in [7, 11) is 0. The molecule has 1 N–H and O–H groups in total. The number of nitro benzene ring substituents is 1. The van der Waals surface area contributed by atoms with Crippen molar-refractivity contribution in [3.8, 4) is 0 Å². The van der Waals surface area contributed by atoms with Crippen molar-refractivity contribution in [3.63, 3.8) is 0 Å². The first-order chi connectivity index (χ1) is 12.5. The van der Waals surface area contributed by atoms with Crippen LogP contribution in [0.5, 0.6) is 0 Å². The lowest BCUT2D eigenvalue weighted by Crippen LogP contribution is -2.23. The van der Waals surface area contributed by atoms with Crippen LogP contribution in [0.2, 0.25) is 0 Å². The molecule has 130 valence electrons. The number of nitrogens with one attached hydrogen (secondary N) is 1. The molecule has 4 rings (SSSR count). The number of aromatic nitrogens is 1. The summed E-state index contributed by atoms with van der Waals surface area (Å²) in [5.41, 5.74) is 1.79. The second-order valence-electron chi connectivity index (χ2n) is 6.41. The van der Waals surface area contributed by atoms with Gasteiger partial charge in [0.15, 0.2) is 0 Å². The van der Waals surface area contributed by atoms with E-state index in [0.717, 1.165) is 17.5 Å². The molecule has 1 aliphatic heterocycles. The molecule has 1 aromatic heterocycles. The number of nitrogens with zero attached hydrogens (tertiary/aromatic N) is 2. The molecule has 1 atom stereocenters. The number of rotatable bonds is 3. The van der Waals surface area contributed by atoms with Crippen molar-refractivity contribution in [1.82, 2.24) is 4.57 Å². The fourth-order valence-electron chi connectivity index (χ4n) is 3.47. The van der Waals surface area contributed by atoms with Gasteiger partial charge < -0.3 is 9.88 Å². The third-order valence-corrected chi connectivity index (χ3v) is 4.68. The number of amides is 1. The second kappa shape index (κ2) is 5.80. The van der Waals surface area contributed by atoms with Crippen molar-refractivity contribution in [1.29, 1.82) is 0 Å². The molecule has 1 amide bonds. The van der Waals surface area contributed by atoms with Gasteiger partial charge in [0.25, 0.3) is 11.6 Å². The van der Waals surface area contributed by atoms with E-state index in [1.165, 1.54) is 18.2 Å². The van der Waals surface area contributed by atoms with Crippen LogP contribution in [0.25, 0.3) is 10.9 Å². The quantitative estimate of drug-likeness (QED) is 0.580. The highest BCUT2D eigenvalue weighted by Gasteiger charge is 2.24. The number of hydrogen-bond donors (Lipinski definition) is 1. The smallest absolute Gasteiger partial charge is 0.271 e. The molecular weight excluding hydrogens is 334 g/mol. The van der Waals surface area contributed by atoms with Crippen LogP contribution in [0.1, 0.15) is 28.9 Å². The maximum absolute atomic E-state index is 12.8. The van der Waals surface area contributed by atoms with Crippen LogP contribution < -0.4 is 10.7 Å². The second-order valence-corrected chi connectivity index (χ2v) is 6.41. The number of benzene rings is 2. The van der Waals surface area contributed by atoms with Gasteiger partial charge in [-0.15, -0.1) is 0 Å². The summed E-state index contributed by atoms with van der Waals surface area (Å²) in [5.74, 6) is -0.578. The lowest BCUT2D eigenvalue weighted by molar-refractivity contribution is -0.384. The molecule has 0 radical (unpaired) electrons. The molecule has 0 spiro atoms. The minimum Gasteiger partial charge on any atom is -0.343 e. The zero-order chi connectivity index (χ0) is 18.4. The maximum atomic E-state index is 12.8. The standard InChI is InChI=1S/C19H15N3O4/c1-11-8-12-4-2-7-15-17(12)21(11)10-16(18(15)23)19(24)20-13-5-3-6-14(9-13)22(25)26/h2-7,9-11H,8H2,1H3,(H,20,24). The van der Waals surface area contributed by atoms with Crippen molar-refractivity contribution in [2.45, 2.75) is 19.4 Å². The Labute approximate surface area is 148 Å². The molecule has 2 heterocycles. The molecular formula is C19H15N3O4. The van der Waals surface area contributed by atoms with Crippen LogP contribution in [0.4, 0.5) is 11.4 Å². The Kier molecular flexibility index (Phi) is 3.57. The molecule has 0 saturated carbocycles. The van der Waals surface area contributed by atoms with Gasteiger partial charge >= 0.3 is 0 Å². The average molecular weight is 349 g/mol. The summed E-state index contributed by atoms with van der Waals surface area (Å²) in [5, 5.41) is 14.0. The SMILES string of the molecule is CC1Cc2cccc3c(=O)c(C(=O)Nc4cccc([N+](=O)[O-])c4)cn1c23. The van der Waals surface area contributed by atoms with E-state index in [2.05, 4.69) is 5.32 Å². The van der Waals surface area contributed by atoms with E-state index in [1.807, 2.05) is 23.6 Å². The van der Waals surface area contributed by atoms with Gasteiger partial charge in [0.2, 0.25) is 5.43 Å². The molecule has 1 unspecified atom stereocenters. The normalized spacial score (nSPS) is 15.2. The molecule has 3 aromatic rings. The molecule has 2 aromatic carbocycles. The van der Waals surface area contributed by atoms with Crippen LogP contribution in [0, 0.1) is 10.1 Å². The van der Waals surface area contributed by atoms with Crippen LogP contribution in [-0.2, 0) is 6.42 Å². The zero-order valence-corrected chi connectivity index (χ0v) is 13.9. The first-order valence-corrected chi connectivity index (χ1v) is 8.18. The highest BCUT2D eigenvalue weighted by molar-refractivity contribution is 6.06. The minimum absolute atomic E-state index is 0.0231. The monoisotopic (exact) mass is 349 g/mol. The fraction of sp³-hybridized carbons (Fsp3) is 0.158. The Balaban J connectivity index is 1.77. The largest absolute Gasteiger partial charge is 0.343 e. The Morgan fingerprint density at radius 2 is 2.04 bits per heavy atom. The van der Waals surface area contributed by atoms with E-state index >= 15 is 0 Å². The van der Waals surface area contributed by atoms with Crippen molar-refractivity contribution < 1.29 is 9.72 Å². The Hall–Kier alpha value is -3.48. The number of para-hydroxylation sites is 1. The van der Waals surface area contributed by atoms with Gasteiger partial charge in [-0.2, -0.15) is 0 Å². The third-order valence-electron chi connectivity index (χ3n) is 4.68. The number of anilines is 1. The molecule has 7 nitrogen and oxygen atoms in total. The fourth-order valence-corrected chi connectivity index (χ4v) is 3.47. The Morgan fingerprint density at radius 1 is 1.27 bits per heavy atom. The average Bonchev–Trinajstić information content (AvgIpc) is 2.94. The summed E-state index contributed by atoms with van der Waals surface area (Å²) < 4.78 is 1.95. The molecule has 0 bridgehead atoms. The van der Waals surface area contributed by atoms with Crippen molar-refractivity contribution >= 4 is 28.2 Å². The van der Waals surface area contributed by atoms with Gasteiger partial charge in [-0.3, -0.25) is 19.7 Å². The van der Waals surface area contributed by atoms with Crippen molar-refractivity contribution in [2.75, 3.05) is 5.32 Å². The van der Waals surface area contributed by atoms with Gasteiger partial charge in [0.1, 0.15) is 5.56 Å².